The first-order valence-corrected chi connectivity index (χ1v) is 6.31. The van der Waals surface area contributed by atoms with Gasteiger partial charge in [-0.05, 0) is 31.0 Å². The van der Waals surface area contributed by atoms with E-state index in [2.05, 4.69) is 13.5 Å². The third-order valence-corrected chi connectivity index (χ3v) is 2.78. The first-order valence-electron chi connectivity index (χ1n) is 6.31. The second-order valence-electron chi connectivity index (χ2n) is 4.01. The Balaban J connectivity index is 2.48. The molecule has 0 N–H and O–H groups in total. The van der Waals surface area contributed by atoms with Gasteiger partial charge >= 0.3 is 0 Å². The lowest BCUT2D eigenvalue weighted by Crippen LogP contribution is -2.34. The second-order valence-corrected chi connectivity index (χ2v) is 4.01. The van der Waals surface area contributed by atoms with Gasteiger partial charge in [-0.2, -0.15) is 0 Å². The molecule has 0 atom stereocenters. The molecule has 1 aromatic carbocycles. The molecule has 1 rings (SSSR count). The van der Waals surface area contributed by atoms with Gasteiger partial charge in [0.1, 0.15) is 5.75 Å². The van der Waals surface area contributed by atoms with Gasteiger partial charge in [-0.1, -0.05) is 25.1 Å². The maximum absolute atomic E-state index is 11.8. The third kappa shape index (κ3) is 4.24. The van der Waals surface area contributed by atoms with E-state index in [0.29, 0.717) is 13.1 Å². The summed E-state index contributed by atoms with van der Waals surface area (Å²) in [6.07, 6.45) is 2.72. The van der Waals surface area contributed by atoms with Gasteiger partial charge in [0.25, 0.3) is 5.91 Å². The van der Waals surface area contributed by atoms with Gasteiger partial charge in [0.05, 0.1) is 0 Å². The topological polar surface area (TPSA) is 29.5 Å². The average molecular weight is 247 g/mol. The second kappa shape index (κ2) is 7.54. The molecule has 3 nitrogen and oxygen atoms in total. The summed E-state index contributed by atoms with van der Waals surface area (Å²) in [6, 6.07) is 7.83. The molecule has 0 saturated heterocycles. The maximum Gasteiger partial charge on any atom is 0.260 e. The predicted molar refractivity (Wildman–Crippen MR) is 73.8 cm³/mol. The number of hydrogen-bond acceptors (Lipinski definition) is 2. The molecule has 3 heteroatoms. The first kappa shape index (κ1) is 14.3. The number of aryl methyl sites for hydroxylation is 1. The molecule has 0 unspecified atom stereocenters. The van der Waals surface area contributed by atoms with Crippen molar-refractivity contribution in [2.75, 3.05) is 19.7 Å². The highest BCUT2D eigenvalue weighted by molar-refractivity contribution is 5.77. The van der Waals surface area contributed by atoms with Crippen molar-refractivity contribution in [2.45, 2.75) is 20.3 Å². The molecule has 0 fully saturated rings. The fraction of sp³-hybridized carbons (Fsp3) is 0.400. The van der Waals surface area contributed by atoms with E-state index in [1.165, 1.54) is 5.56 Å². The molecule has 0 spiro atoms. The third-order valence-electron chi connectivity index (χ3n) is 2.78. The van der Waals surface area contributed by atoms with E-state index in [4.69, 9.17) is 4.74 Å². The van der Waals surface area contributed by atoms with Crippen LogP contribution in [-0.2, 0) is 11.2 Å². The van der Waals surface area contributed by atoms with Gasteiger partial charge in [0.2, 0.25) is 0 Å². The summed E-state index contributed by atoms with van der Waals surface area (Å²) < 4.78 is 5.47. The Morgan fingerprint density at radius 2 is 2.00 bits per heavy atom. The van der Waals surface area contributed by atoms with E-state index in [1.807, 2.05) is 31.2 Å². The van der Waals surface area contributed by atoms with Gasteiger partial charge in [-0.15, -0.1) is 6.58 Å². The molecule has 0 aromatic heterocycles. The van der Waals surface area contributed by atoms with Crippen LogP contribution in [0, 0.1) is 0 Å². The number of rotatable bonds is 7. The lowest BCUT2D eigenvalue weighted by Gasteiger charge is -2.19. The smallest absolute Gasteiger partial charge is 0.260 e. The molecule has 1 aromatic rings. The van der Waals surface area contributed by atoms with E-state index in [1.54, 1.807) is 11.0 Å². The molecule has 0 aliphatic heterocycles. The summed E-state index contributed by atoms with van der Waals surface area (Å²) in [5, 5.41) is 0. The minimum Gasteiger partial charge on any atom is -0.484 e. The number of nitrogens with zero attached hydrogens (tertiary/aromatic N) is 1. The lowest BCUT2D eigenvalue weighted by atomic mass is 10.2. The summed E-state index contributed by atoms with van der Waals surface area (Å²) in [4.78, 5) is 13.5. The Morgan fingerprint density at radius 3 is 2.50 bits per heavy atom. The van der Waals surface area contributed by atoms with E-state index in [-0.39, 0.29) is 12.5 Å². The van der Waals surface area contributed by atoms with E-state index in [0.717, 1.165) is 12.2 Å². The molecular weight excluding hydrogens is 226 g/mol. The monoisotopic (exact) mass is 247 g/mol. The summed E-state index contributed by atoms with van der Waals surface area (Å²) in [6.45, 7) is 8.99. The van der Waals surface area contributed by atoms with Crippen molar-refractivity contribution in [3.05, 3.63) is 42.5 Å². The van der Waals surface area contributed by atoms with Crippen molar-refractivity contribution in [2.24, 2.45) is 0 Å². The van der Waals surface area contributed by atoms with Gasteiger partial charge in [0.15, 0.2) is 6.61 Å². The number of ether oxygens (including phenoxy) is 1. The molecule has 0 saturated carbocycles. The van der Waals surface area contributed by atoms with Gasteiger partial charge in [-0.25, -0.2) is 0 Å². The number of carbonyl (C=O) groups is 1. The summed E-state index contributed by atoms with van der Waals surface area (Å²) in [7, 11) is 0. The van der Waals surface area contributed by atoms with Crippen molar-refractivity contribution in [3.63, 3.8) is 0 Å². The molecule has 1 amide bonds. The van der Waals surface area contributed by atoms with Crippen LogP contribution in [0.25, 0.3) is 0 Å². The Bertz CT molecular complexity index is 384. The average Bonchev–Trinajstić information content (AvgIpc) is 2.42. The first-order chi connectivity index (χ1) is 8.71. The Kier molecular flexibility index (Phi) is 5.98. The molecule has 0 aliphatic carbocycles. The molecule has 18 heavy (non-hydrogen) atoms. The number of likely N-dealkylation sites (N-methyl/N-ethyl adjacent to an activating group) is 1. The van der Waals surface area contributed by atoms with Crippen LogP contribution in [0.3, 0.4) is 0 Å². The summed E-state index contributed by atoms with van der Waals surface area (Å²) in [5.41, 5.74) is 1.26. The van der Waals surface area contributed by atoms with Gasteiger partial charge in [0, 0.05) is 13.1 Å². The minimum absolute atomic E-state index is 0.0167. The fourth-order valence-corrected chi connectivity index (χ4v) is 1.62. The van der Waals surface area contributed by atoms with Crippen molar-refractivity contribution in [1.82, 2.24) is 4.90 Å². The highest BCUT2D eigenvalue weighted by Crippen LogP contribution is 2.12. The van der Waals surface area contributed by atoms with Crippen LogP contribution in [-0.4, -0.2) is 30.5 Å². The van der Waals surface area contributed by atoms with Crippen molar-refractivity contribution < 1.29 is 9.53 Å². The number of hydrogen-bond donors (Lipinski definition) is 0. The Labute approximate surface area is 109 Å². The SMILES string of the molecule is C=CCN(CC)C(=O)COc1ccc(CC)cc1. The van der Waals surface area contributed by atoms with Crippen LogP contribution < -0.4 is 4.74 Å². The molecule has 0 radical (unpaired) electrons. The van der Waals surface area contributed by atoms with Crippen LogP contribution in [0.4, 0.5) is 0 Å². The number of carbonyl (C=O) groups excluding carboxylic acids is 1. The Hall–Kier alpha value is -1.77. The molecule has 98 valence electrons. The van der Waals surface area contributed by atoms with E-state index in [9.17, 15) is 4.79 Å². The molecule has 0 heterocycles. The van der Waals surface area contributed by atoms with Crippen LogP contribution >= 0.6 is 0 Å². The van der Waals surface area contributed by atoms with Crippen molar-refractivity contribution >= 4 is 5.91 Å². The van der Waals surface area contributed by atoms with Crippen LogP contribution in [0.1, 0.15) is 19.4 Å². The van der Waals surface area contributed by atoms with Crippen molar-refractivity contribution in [3.8, 4) is 5.75 Å². The fourth-order valence-electron chi connectivity index (χ4n) is 1.62. The summed E-state index contributed by atoms with van der Waals surface area (Å²) in [5.74, 6) is 0.715. The number of benzene rings is 1. The number of amides is 1. The molecule has 0 aliphatic rings. The zero-order valence-corrected chi connectivity index (χ0v) is 11.2. The normalized spacial score (nSPS) is 9.89. The van der Waals surface area contributed by atoms with Crippen LogP contribution in [0.5, 0.6) is 5.75 Å². The zero-order valence-electron chi connectivity index (χ0n) is 11.2. The van der Waals surface area contributed by atoms with Crippen molar-refractivity contribution in [1.29, 1.82) is 0 Å². The molecule has 0 bridgehead atoms. The maximum atomic E-state index is 11.8. The largest absolute Gasteiger partial charge is 0.484 e. The molecular formula is C15H21NO2. The highest BCUT2D eigenvalue weighted by atomic mass is 16.5. The Morgan fingerprint density at radius 1 is 1.33 bits per heavy atom. The predicted octanol–water partition coefficient (Wildman–Crippen LogP) is 2.66. The summed E-state index contributed by atoms with van der Waals surface area (Å²) >= 11 is 0. The van der Waals surface area contributed by atoms with Gasteiger partial charge < -0.3 is 9.64 Å². The van der Waals surface area contributed by atoms with Gasteiger partial charge in [-0.3, -0.25) is 4.79 Å². The lowest BCUT2D eigenvalue weighted by molar-refractivity contribution is -0.132. The minimum atomic E-state index is -0.0167. The van der Waals surface area contributed by atoms with E-state index < -0.39 is 0 Å². The highest BCUT2D eigenvalue weighted by Gasteiger charge is 2.10. The van der Waals surface area contributed by atoms with Crippen LogP contribution in [0.15, 0.2) is 36.9 Å². The standard InChI is InChI=1S/C15H21NO2/c1-4-11-16(6-3)15(17)12-18-14-9-7-13(5-2)8-10-14/h4,7-10H,1,5-6,11-12H2,2-3H3. The van der Waals surface area contributed by atoms with E-state index >= 15 is 0 Å². The quantitative estimate of drug-likeness (QED) is 0.693. The zero-order chi connectivity index (χ0) is 13.4. The van der Waals surface area contributed by atoms with Crippen LogP contribution in [0.2, 0.25) is 0 Å².